The fourth-order valence-corrected chi connectivity index (χ4v) is 3.50. The summed E-state index contributed by atoms with van der Waals surface area (Å²) >= 11 is 0. The van der Waals surface area contributed by atoms with Gasteiger partial charge in [-0.05, 0) is 74.4 Å². The number of aromatic nitrogens is 3. The van der Waals surface area contributed by atoms with Crippen LogP contribution >= 0.6 is 0 Å². The highest BCUT2D eigenvalue weighted by Crippen LogP contribution is 2.21. The number of hydrogen-bond donors (Lipinski definition) is 1. The summed E-state index contributed by atoms with van der Waals surface area (Å²) in [4.78, 5) is 34.1. The lowest BCUT2D eigenvalue weighted by molar-refractivity contribution is -0.116. The molecule has 0 atom stereocenters. The Morgan fingerprint density at radius 1 is 1.15 bits per heavy atom. The first-order valence-corrected chi connectivity index (χ1v) is 9.26. The summed E-state index contributed by atoms with van der Waals surface area (Å²) in [5.41, 5.74) is 5.41. The molecule has 4 rings (SSSR count). The quantitative estimate of drug-likeness (QED) is 0.777. The SMILES string of the molecule is Cc1ccc(NC(=O)Cn2cnc3nc4c(cc3c2=O)CCCC4)cc1C. The second kappa shape index (κ2) is 6.95. The van der Waals surface area contributed by atoms with Gasteiger partial charge in [-0.25, -0.2) is 9.97 Å². The largest absolute Gasteiger partial charge is 0.325 e. The zero-order valence-electron chi connectivity index (χ0n) is 15.6. The van der Waals surface area contributed by atoms with E-state index in [9.17, 15) is 9.59 Å². The molecule has 1 N–H and O–H groups in total. The van der Waals surface area contributed by atoms with Gasteiger partial charge in [-0.2, -0.15) is 0 Å². The van der Waals surface area contributed by atoms with Crippen molar-refractivity contribution < 1.29 is 4.79 Å². The number of anilines is 1. The highest BCUT2D eigenvalue weighted by Gasteiger charge is 2.15. The van der Waals surface area contributed by atoms with Gasteiger partial charge in [0.05, 0.1) is 5.39 Å². The maximum absolute atomic E-state index is 12.8. The van der Waals surface area contributed by atoms with E-state index < -0.39 is 0 Å². The summed E-state index contributed by atoms with van der Waals surface area (Å²) in [5.74, 6) is -0.257. The molecule has 1 aromatic carbocycles. The number of carbonyl (C=O) groups is 1. The number of pyridine rings is 1. The third kappa shape index (κ3) is 3.47. The Balaban J connectivity index is 1.59. The number of amides is 1. The third-order valence-corrected chi connectivity index (χ3v) is 5.20. The second-order valence-electron chi connectivity index (χ2n) is 7.20. The van der Waals surface area contributed by atoms with Crippen LogP contribution in [0, 0.1) is 13.8 Å². The van der Waals surface area contributed by atoms with Crippen molar-refractivity contribution in [3.8, 4) is 0 Å². The molecule has 2 heterocycles. The maximum Gasteiger partial charge on any atom is 0.263 e. The Morgan fingerprint density at radius 2 is 1.96 bits per heavy atom. The maximum atomic E-state index is 12.8. The Labute approximate surface area is 157 Å². The predicted molar refractivity (Wildman–Crippen MR) is 105 cm³/mol. The van der Waals surface area contributed by atoms with Crippen molar-refractivity contribution in [1.82, 2.24) is 14.5 Å². The third-order valence-electron chi connectivity index (χ3n) is 5.20. The minimum Gasteiger partial charge on any atom is -0.325 e. The van der Waals surface area contributed by atoms with Crippen molar-refractivity contribution >= 4 is 22.6 Å². The summed E-state index contributed by atoms with van der Waals surface area (Å²) in [7, 11) is 0. The minimum absolute atomic E-state index is 0.0776. The molecule has 1 amide bonds. The van der Waals surface area contributed by atoms with Crippen molar-refractivity contribution in [2.75, 3.05) is 5.32 Å². The van der Waals surface area contributed by atoms with E-state index in [1.54, 1.807) is 0 Å². The van der Waals surface area contributed by atoms with Crippen LogP contribution in [0.4, 0.5) is 5.69 Å². The van der Waals surface area contributed by atoms with E-state index in [1.807, 2.05) is 38.1 Å². The summed E-state index contributed by atoms with van der Waals surface area (Å²) in [6.07, 6.45) is 5.54. The summed E-state index contributed by atoms with van der Waals surface area (Å²) < 4.78 is 1.34. The average molecular weight is 362 g/mol. The van der Waals surface area contributed by atoms with Crippen molar-refractivity contribution in [3.05, 3.63) is 63.3 Å². The lowest BCUT2D eigenvalue weighted by Crippen LogP contribution is -2.28. The molecule has 0 radical (unpaired) electrons. The van der Waals surface area contributed by atoms with Crippen LogP contribution in [0.2, 0.25) is 0 Å². The van der Waals surface area contributed by atoms with E-state index in [1.165, 1.54) is 16.5 Å². The Kier molecular flexibility index (Phi) is 4.48. The van der Waals surface area contributed by atoms with Gasteiger partial charge in [-0.3, -0.25) is 14.2 Å². The molecule has 3 aromatic rings. The zero-order chi connectivity index (χ0) is 19.0. The molecule has 1 aliphatic rings. The first kappa shape index (κ1) is 17.4. The highest BCUT2D eigenvalue weighted by molar-refractivity contribution is 5.90. The first-order valence-electron chi connectivity index (χ1n) is 9.26. The van der Waals surface area contributed by atoms with Crippen molar-refractivity contribution in [2.24, 2.45) is 0 Å². The van der Waals surface area contributed by atoms with Gasteiger partial charge in [-0.15, -0.1) is 0 Å². The topological polar surface area (TPSA) is 76.9 Å². The second-order valence-corrected chi connectivity index (χ2v) is 7.20. The van der Waals surface area contributed by atoms with Gasteiger partial charge in [0.2, 0.25) is 5.91 Å². The molecule has 2 aromatic heterocycles. The number of nitrogens with one attached hydrogen (secondary N) is 1. The number of hydrogen-bond acceptors (Lipinski definition) is 4. The molecule has 138 valence electrons. The minimum atomic E-state index is -0.257. The first-order chi connectivity index (χ1) is 13.0. The molecule has 0 spiro atoms. The van der Waals surface area contributed by atoms with Gasteiger partial charge in [0.25, 0.3) is 5.56 Å². The van der Waals surface area contributed by atoms with E-state index in [-0.39, 0.29) is 18.0 Å². The van der Waals surface area contributed by atoms with Gasteiger partial charge in [0.1, 0.15) is 12.9 Å². The summed E-state index contributed by atoms with van der Waals surface area (Å²) in [6.45, 7) is 3.94. The average Bonchev–Trinajstić information content (AvgIpc) is 2.66. The molecule has 1 aliphatic carbocycles. The fraction of sp³-hybridized carbons (Fsp3) is 0.333. The van der Waals surface area contributed by atoms with Crippen LogP contribution < -0.4 is 10.9 Å². The van der Waals surface area contributed by atoms with Gasteiger partial charge < -0.3 is 5.32 Å². The normalized spacial score (nSPS) is 13.4. The van der Waals surface area contributed by atoms with E-state index in [4.69, 9.17) is 0 Å². The van der Waals surface area contributed by atoms with Crippen LogP contribution in [0.5, 0.6) is 0 Å². The number of benzene rings is 1. The molecule has 6 nitrogen and oxygen atoms in total. The van der Waals surface area contributed by atoms with Crippen molar-refractivity contribution in [2.45, 2.75) is 46.1 Å². The number of aryl methyl sites for hydroxylation is 4. The Hall–Kier alpha value is -3.02. The van der Waals surface area contributed by atoms with Gasteiger partial charge >= 0.3 is 0 Å². The van der Waals surface area contributed by atoms with Gasteiger partial charge in [0, 0.05) is 11.4 Å². The molecule has 0 fully saturated rings. The monoisotopic (exact) mass is 362 g/mol. The van der Waals surface area contributed by atoms with Gasteiger partial charge in [0.15, 0.2) is 5.65 Å². The number of rotatable bonds is 3. The fourth-order valence-electron chi connectivity index (χ4n) is 3.50. The lowest BCUT2D eigenvalue weighted by atomic mass is 9.95. The summed E-state index contributed by atoms with van der Waals surface area (Å²) in [5, 5.41) is 3.33. The van der Waals surface area contributed by atoms with Crippen LogP contribution in [-0.2, 0) is 24.2 Å². The molecule has 0 saturated carbocycles. The number of fused-ring (bicyclic) bond motifs is 2. The highest BCUT2D eigenvalue weighted by atomic mass is 16.2. The Bertz CT molecular complexity index is 1100. The Morgan fingerprint density at radius 3 is 2.78 bits per heavy atom. The van der Waals surface area contributed by atoms with Crippen LogP contribution in [0.15, 0.2) is 35.4 Å². The van der Waals surface area contributed by atoms with Crippen LogP contribution in [0.25, 0.3) is 11.0 Å². The van der Waals surface area contributed by atoms with Gasteiger partial charge in [-0.1, -0.05) is 6.07 Å². The van der Waals surface area contributed by atoms with E-state index in [2.05, 4.69) is 15.3 Å². The molecular weight excluding hydrogens is 340 g/mol. The zero-order valence-corrected chi connectivity index (χ0v) is 15.6. The molecule has 0 aliphatic heterocycles. The summed E-state index contributed by atoms with van der Waals surface area (Å²) in [6, 6.07) is 7.65. The number of nitrogens with zero attached hydrogens (tertiary/aromatic N) is 3. The van der Waals surface area contributed by atoms with E-state index >= 15 is 0 Å². The smallest absolute Gasteiger partial charge is 0.263 e. The van der Waals surface area contributed by atoms with Crippen molar-refractivity contribution in [3.63, 3.8) is 0 Å². The molecule has 0 bridgehead atoms. The van der Waals surface area contributed by atoms with Crippen LogP contribution in [0.1, 0.15) is 35.2 Å². The molecule has 0 unspecified atom stereocenters. The van der Waals surface area contributed by atoms with Crippen LogP contribution in [-0.4, -0.2) is 20.4 Å². The lowest BCUT2D eigenvalue weighted by Gasteiger charge is -2.15. The van der Waals surface area contributed by atoms with Crippen molar-refractivity contribution in [1.29, 1.82) is 0 Å². The number of carbonyl (C=O) groups excluding carboxylic acids is 1. The van der Waals surface area contributed by atoms with E-state index in [0.717, 1.165) is 48.2 Å². The predicted octanol–water partition coefficient (Wildman–Crippen LogP) is 2.93. The molecule has 0 saturated heterocycles. The standard InChI is InChI=1S/C21H22N4O2/c1-13-7-8-16(9-14(13)2)23-19(26)11-25-12-22-20-17(21(25)27)10-15-5-3-4-6-18(15)24-20/h7-10,12H,3-6,11H2,1-2H3,(H,23,26). The molecule has 6 heteroatoms. The van der Waals surface area contributed by atoms with E-state index in [0.29, 0.717) is 11.0 Å². The molecular formula is C21H22N4O2. The van der Waals surface area contributed by atoms with Crippen LogP contribution in [0.3, 0.4) is 0 Å². The molecule has 27 heavy (non-hydrogen) atoms.